The average molecular weight is 300 g/mol. The van der Waals surface area contributed by atoms with Crippen LogP contribution in [-0.2, 0) is 9.59 Å². The molecular formula is C13H20N2O4S. The van der Waals surface area contributed by atoms with E-state index in [-0.39, 0.29) is 49.1 Å². The minimum Gasteiger partial charge on any atom is -0.395 e. The monoisotopic (exact) mass is 300 g/mol. The van der Waals surface area contributed by atoms with E-state index in [1.54, 1.807) is 0 Å². The van der Waals surface area contributed by atoms with Crippen molar-refractivity contribution in [3.05, 3.63) is 0 Å². The van der Waals surface area contributed by atoms with Crippen molar-refractivity contribution in [3.63, 3.8) is 0 Å². The molecule has 0 aromatic rings. The first-order valence-electron chi connectivity index (χ1n) is 7.00. The third-order valence-electron chi connectivity index (χ3n) is 4.04. The summed E-state index contributed by atoms with van der Waals surface area (Å²) in [4.78, 5) is 27.6. The maximum absolute atomic E-state index is 12.5. The number of rotatable bonds is 5. The van der Waals surface area contributed by atoms with Crippen molar-refractivity contribution >= 4 is 29.1 Å². The fourth-order valence-electron chi connectivity index (χ4n) is 3.08. The van der Waals surface area contributed by atoms with Gasteiger partial charge in [0, 0.05) is 0 Å². The zero-order valence-electron chi connectivity index (χ0n) is 11.3. The Morgan fingerprint density at radius 1 is 1.00 bits per heavy atom. The Balaban J connectivity index is 2.27. The van der Waals surface area contributed by atoms with E-state index in [1.165, 1.54) is 9.80 Å². The first-order chi connectivity index (χ1) is 9.61. The molecule has 0 unspecified atom stereocenters. The maximum atomic E-state index is 12.5. The lowest BCUT2D eigenvalue weighted by Gasteiger charge is -2.40. The van der Waals surface area contributed by atoms with Gasteiger partial charge in [-0.05, 0) is 31.0 Å². The molecule has 1 saturated heterocycles. The van der Waals surface area contributed by atoms with Gasteiger partial charge in [-0.25, -0.2) is 0 Å². The van der Waals surface area contributed by atoms with Crippen LogP contribution >= 0.6 is 12.2 Å². The lowest BCUT2D eigenvalue weighted by molar-refractivity contribution is -0.150. The van der Waals surface area contributed by atoms with Gasteiger partial charge in [0.25, 0.3) is 0 Å². The van der Waals surface area contributed by atoms with Gasteiger partial charge in [-0.2, -0.15) is 0 Å². The number of aliphatic hydroxyl groups excluding tert-OH is 2. The van der Waals surface area contributed by atoms with E-state index in [0.717, 1.165) is 25.7 Å². The van der Waals surface area contributed by atoms with Crippen LogP contribution in [0.3, 0.4) is 0 Å². The molecule has 0 aromatic carbocycles. The van der Waals surface area contributed by atoms with Crippen LogP contribution in [-0.4, -0.2) is 63.2 Å². The molecule has 2 fully saturated rings. The van der Waals surface area contributed by atoms with Crippen molar-refractivity contribution in [2.24, 2.45) is 11.8 Å². The highest BCUT2D eigenvalue weighted by Gasteiger charge is 2.47. The molecule has 2 N–H and O–H groups in total. The summed E-state index contributed by atoms with van der Waals surface area (Å²) in [5, 5.41) is 18.3. The molecule has 1 aliphatic heterocycles. The van der Waals surface area contributed by atoms with Gasteiger partial charge in [0.05, 0.1) is 26.3 Å². The number of nitrogens with zero attached hydrogens (tertiary/aromatic N) is 2. The lowest BCUT2D eigenvalue weighted by Crippen LogP contribution is -2.61. The average Bonchev–Trinajstić information content (AvgIpc) is 2.93. The molecule has 0 atom stereocenters. The Labute approximate surface area is 123 Å². The van der Waals surface area contributed by atoms with Crippen molar-refractivity contribution in [1.82, 2.24) is 9.80 Å². The van der Waals surface area contributed by atoms with Crippen molar-refractivity contribution in [1.29, 1.82) is 0 Å². The van der Waals surface area contributed by atoms with Crippen LogP contribution in [0.4, 0.5) is 0 Å². The number of hydrogen-bond donors (Lipinski definition) is 2. The van der Waals surface area contributed by atoms with Gasteiger partial charge < -0.3 is 10.2 Å². The van der Waals surface area contributed by atoms with Gasteiger partial charge in [0.15, 0.2) is 5.11 Å². The van der Waals surface area contributed by atoms with Crippen molar-refractivity contribution < 1.29 is 19.8 Å². The molecule has 0 aromatic heterocycles. The second-order valence-electron chi connectivity index (χ2n) is 5.23. The molecule has 1 heterocycles. The summed E-state index contributed by atoms with van der Waals surface area (Å²) in [7, 11) is 0. The van der Waals surface area contributed by atoms with Gasteiger partial charge in [-0.3, -0.25) is 19.4 Å². The van der Waals surface area contributed by atoms with E-state index >= 15 is 0 Å². The number of carbonyl (C=O) groups excluding carboxylic acids is 2. The van der Waals surface area contributed by atoms with E-state index in [1.807, 2.05) is 0 Å². The minimum atomic E-state index is -0.706. The SMILES string of the molecule is O=C1C(C2CCCC2)C(=O)N(CCO)C(=S)N1CCO. The molecule has 2 rings (SSSR count). The molecule has 2 aliphatic rings. The number of aliphatic hydroxyl groups is 2. The maximum Gasteiger partial charge on any atom is 0.241 e. The molecule has 1 aliphatic carbocycles. The second kappa shape index (κ2) is 6.60. The second-order valence-corrected chi connectivity index (χ2v) is 5.60. The summed E-state index contributed by atoms with van der Waals surface area (Å²) in [5.74, 6) is -1.24. The summed E-state index contributed by atoms with van der Waals surface area (Å²) >= 11 is 5.15. The molecular weight excluding hydrogens is 280 g/mol. The fourth-order valence-corrected chi connectivity index (χ4v) is 3.44. The molecule has 7 heteroatoms. The number of carbonyl (C=O) groups is 2. The first-order valence-corrected chi connectivity index (χ1v) is 7.41. The quantitative estimate of drug-likeness (QED) is 0.540. The topological polar surface area (TPSA) is 81.1 Å². The van der Waals surface area contributed by atoms with Crippen molar-refractivity contribution in [3.8, 4) is 0 Å². The number of β-amino-alcohol motifs (C(OH)–C–C–N with tert-alkyl or cyclic N) is 2. The standard InChI is InChI=1S/C13H20N2O4S/c16-7-5-14-11(18)10(9-3-1-2-4-9)12(19)15(6-8-17)13(14)20/h9-10,16-17H,1-8H2. The third kappa shape index (κ3) is 2.70. The van der Waals surface area contributed by atoms with E-state index in [9.17, 15) is 9.59 Å². The number of amides is 2. The van der Waals surface area contributed by atoms with E-state index < -0.39 is 5.92 Å². The minimum absolute atomic E-state index is 0.0560. The molecule has 0 spiro atoms. The highest BCUT2D eigenvalue weighted by atomic mass is 32.1. The molecule has 1 saturated carbocycles. The summed E-state index contributed by atoms with van der Waals surface area (Å²) < 4.78 is 0. The van der Waals surface area contributed by atoms with Gasteiger partial charge in [0.2, 0.25) is 11.8 Å². The Morgan fingerprint density at radius 2 is 1.45 bits per heavy atom. The van der Waals surface area contributed by atoms with Crippen LogP contribution in [0.15, 0.2) is 0 Å². The van der Waals surface area contributed by atoms with Crippen LogP contribution in [0.5, 0.6) is 0 Å². The molecule has 0 radical (unpaired) electrons. The van der Waals surface area contributed by atoms with Gasteiger partial charge >= 0.3 is 0 Å². The zero-order valence-corrected chi connectivity index (χ0v) is 12.1. The number of hydrogen-bond acceptors (Lipinski definition) is 5. The molecule has 6 nitrogen and oxygen atoms in total. The highest BCUT2D eigenvalue weighted by Crippen LogP contribution is 2.35. The number of thiocarbonyl (C=S) groups is 1. The normalized spacial score (nSPS) is 22.2. The summed E-state index contributed by atoms with van der Waals surface area (Å²) in [6, 6.07) is 0. The lowest BCUT2D eigenvalue weighted by atomic mass is 9.87. The largest absolute Gasteiger partial charge is 0.395 e. The predicted molar refractivity (Wildman–Crippen MR) is 75.6 cm³/mol. The Bertz CT molecular complexity index is 381. The Morgan fingerprint density at radius 3 is 1.85 bits per heavy atom. The molecule has 0 bridgehead atoms. The van der Waals surface area contributed by atoms with Gasteiger partial charge in [-0.1, -0.05) is 12.8 Å². The van der Waals surface area contributed by atoms with Crippen LogP contribution in [0, 0.1) is 11.8 Å². The van der Waals surface area contributed by atoms with Crippen LogP contribution in [0.1, 0.15) is 25.7 Å². The van der Waals surface area contributed by atoms with Crippen LogP contribution < -0.4 is 0 Å². The van der Waals surface area contributed by atoms with E-state index in [2.05, 4.69) is 0 Å². The third-order valence-corrected chi connectivity index (χ3v) is 4.49. The molecule has 2 amide bonds. The van der Waals surface area contributed by atoms with Crippen molar-refractivity contribution in [2.75, 3.05) is 26.3 Å². The predicted octanol–water partition coefficient (Wildman–Crippen LogP) is -0.267. The van der Waals surface area contributed by atoms with Gasteiger partial charge in [0.1, 0.15) is 5.92 Å². The van der Waals surface area contributed by atoms with Gasteiger partial charge in [-0.15, -0.1) is 0 Å². The van der Waals surface area contributed by atoms with Crippen LogP contribution in [0.25, 0.3) is 0 Å². The summed E-state index contributed by atoms with van der Waals surface area (Å²) in [5.41, 5.74) is 0. The molecule has 20 heavy (non-hydrogen) atoms. The molecule has 112 valence electrons. The summed E-state index contributed by atoms with van der Waals surface area (Å²) in [6.07, 6.45) is 3.81. The van der Waals surface area contributed by atoms with E-state index in [4.69, 9.17) is 22.4 Å². The van der Waals surface area contributed by atoms with Crippen LogP contribution in [0.2, 0.25) is 0 Å². The van der Waals surface area contributed by atoms with E-state index in [0.29, 0.717) is 0 Å². The highest BCUT2D eigenvalue weighted by molar-refractivity contribution is 7.80. The Hall–Kier alpha value is -1.05. The van der Waals surface area contributed by atoms with Crippen molar-refractivity contribution in [2.45, 2.75) is 25.7 Å². The Kier molecular flexibility index (Phi) is 5.06. The fraction of sp³-hybridized carbons (Fsp3) is 0.769. The smallest absolute Gasteiger partial charge is 0.241 e. The first kappa shape index (κ1) is 15.3. The summed E-state index contributed by atoms with van der Waals surface area (Å²) in [6.45, 7) is -0.221. The zero-order chi connectivity index (χ0) is 14.7.